The van der Waals surface area contributed by atoms with Crippen molar-refractivity contribution in [1.29, 1.82) is 0 Å². The van der Waals surface area contributed by atoms with Gasteiger partial charge in [-0.1, -0.05) is 24.3 Å². The molecule has 0 spiro atoms. The number of nitrogens with one attached hydrogen (secondary N) is 1. The Morgan fingerprint density at radius 3 is 2.39 bits per heavy atom. The van der Waals surface area contributed by atoms with Gasteiger partial charge in [-0.3, -0.25) is 9.69 Å². The molecule has 1 saturated heterocycles. The Morgan fingerprint density at radius 2 is 1.61 bits per heavy atom. The topological polar surface area (TPSA) is 65.1 Å². The van der Waals surface area contributed by atoms with Crippen LogP contribution in [0.5, 0.6) is 5.75 Å². The van der Waals surface area contributed by atoms with Gasteiger partial charge in [0.15, 0.2) is 0 Å². The monoisotopic (exact) mass is 484 g/mol. The van der Waals surface area contributed by atoms with Crippen molar-refractivity contribution in [2.24, 2.45) is 0 Å². The van der Waals surface area contributed by atoms with Crippen molar-refractivity contribution in [3.8, 4) is 5.75 Å². The van der Waals surface area contributed by atoms with Gasteiger partial charge in [0.05, 0.1) is 7.11 Å². The second-order valence-electron chi connectivity index (χ2n) is 9.23. The van der Waals surface area contributed by atoms with Crippen molar-refractivity contribution < 1.29 is 14.3 Å². The number of piperazine rings is 1. The highest BCUT2D eigenvalue weighted by molar-refractivity contribution is 6.02. The predicted molar refractivity (Wildman–Crippen MR) is 143 cm³/mol. The summed E-state index contributed by atoms with van der Waals surface area (Å²) in [7, 11) is 1.67. The molecule has 186 valence electrons. The summed E-state index contributed by atoms with van der Waals surface area (Å²) >= 11 is 0. The van der Waals surface area contributed by atoms with Crippen LogP contribution in [0.15, 0.2) is 72.8 Å². The van der Waals surface area contributed by atoms with Gasteiger partial charge < -0.3 is 19.9 Å². The minimum absolute atomic E-state index is 0.0135. The second kappa shape index (κ2) is 10.7. The van der Waals surface area contributed by atoms with Crippen molar-refractivity contribution >= 4 is 29.0 Å². The zero-order valence-electron chi connectivity index (χ0n) is 20.7. The minimum atomic E-state index is -0.142. The van der Waals surface area contributed by atoms with E-state index in [2.05, 4.69) is 22.3 Å². The van der Waals surface area contributed by atoms with E-state index in [0.29, 0.717) is 30.9 Å². The number of ether oxygens (including phenoxy) is 1. The van der Waals surface area contributed by atoms with Gasteiger partial charge in [0.25, 0.3) is 5.91 Å². The Morgan fingerprint density at radius 1 is 0.833 bits per heavy atom. The van der Waals surface area contributed by atoms with E-state index in [-0.39, 0.29) is 11.9 Å². The van der Waals surface area contributed by atoms with Gasteiger partial charge >= 0.3 is 6.03 Å². The smallest absolute Gasteiger partial charge is 0.326 e. The summed E-state index contributed by atoms with van der Waals surface area (Å²) in [5, 5.41) is 3.00. The first-order chi connectivity index (χ1) is 17.6. The largest absolute Gasteiger partial charge is 0.497 e. The molecule has 3 amide bonds. The van der Waals surface area contributed by atoms with Crippen LogP contribution in [0, 0.1) is 0 Å². The van der Waals surface area contributed by atoms with Gasteiger partial charge in [0.1, 0.15) is 5.75 Å². The number of hydrogen-bond donors (Lipinski definition) is 1. The average Bonchev–Trinajstić information content (AvgIpc) is 3.16. The predicted octanol–water partition coefficient (Wildman–Crippen LogP) is 5.03. The molecule has 2 aliphatic heterocycles. The van der Waals surface area contributed by atoms with Crippen molar-refractivity contribution in [1.82, 2.24) is 4.90 Å². The standard InChI is InChI=1S/C29H32N4O3/c1-36-26-10-6-9-25(21-26)31-17-19-32(20-18-31)28(34)23-12-14-24(15-13-23)30-29(35)33-16-5-4-8-22-7-2-3-11-27(22)33/h2-3,6-7,9-15,21H,4-5,8,16-20H2,1H3,(H,30,35). The van der Waals surface area contributed by atoms with Crippen LogP contribution in [-0.2, 0) is 6.42 Å². The molecule has 2 aliphatic rings. The summed E-state index contributed by atoms with van der Waals surface area (Å²) < 4.78 is 5.33. The molecule has 0 unspecified atom stereocenters. The molecule has 0 aliphatic carbocycles. The van der Waals surface area contributed by atoms with Crippen molar-refractivity contribution in [3.05, 3.63) is 83.9 Å². The first-order valence-corrected chi connectivity index (χ1v) is 12.6. The lowest BCUT2D eigenvalue weighted by atomic mass is 10.1. The Labute approximate surface area is 212 Å². The van der Waals surface area contributed by atoms with E-state index in [1.54, 1.807) is 31.4 Å². The van der Waals surface area contributed by atoms with Gasteiger partial charge in [0.2, 0.25) is 0 Å². The summed E-state index contributed by atoms with van der Waals surface area (Å²) in [4.78, 5) is 32.1. The third-order valence-corrected chi connectivity index (χ3v) is 6.97. The fourth-order valence-corrected chi connectivity index (χ4v) is 4.95. The highest BCUT2D eigenvalue weighted by Gasteiger charge is 2.24. The average molecular weight is 485 g/mol. The number of benzene rings is 3. The molecule has 1 fully saturated rings. The zero-order valence-corrected chi connectivity index (χ0v) is 20.7. The molecule has 0 aromatic heterocycles. The van der Waals surface area contributed by atoms with Crippen molar-refractivity contribution in [2.45, 2.75) is 19.3 Å². The Bertz CT molecular complexity index is 1220. The van der Waals surface area contributed by atoms with Gasteiger partial charge in [-0.15, -0.1) is 0 Å². The summed E-state index contributed by atoms with van der Waals surface area (Å²) in [6.07, 6.45) is 3.04. The number of anilines is 3. The molecule has 3 aromatic carbocycles. The molecule has 0 bridgehead atoms. The van der Waals surface area contributed by atoms with Crippen LogP contribution in [-0.4, -0.2) is 56.7 Å². The maximum Gasteiger partial charge on any atom is 0.326 e. The quantitative estimate of drug-likeness (QED) is 0.564. The van der Waals surface area contributed by atoms with Gasteiger partial charge in [-0.05, 0) is 67.3 Å². The summed E-state index contributed by atoms with van der Waals surface area (Å²) in [6, 6.07) is 23.2. The van der Waals surface area contributed by atoms with Crippen LogP contribution in [0.2, 0.25) is 0 Å². The first kappa shape index (κ1) is 23.7. The van der Waals surface area contributed by atoms with Crippen LogP contribution >= 0.6 is 0 Å². The molecule has 1 N–H and O–H groups in total. The summed E-state index contributed by atoms with van der Waals surface area (Å²) in [5.74, 6) is 0.845. The maximum atomic E-state index is 13.1. The van der Waals surface area contributed by atoms with Crippen LogP contribution in [0.25, 0.3) is 0 Å². The molecule has 0 atom stereocenters. The Hall–Kier alpha value is -4.00. The highest BCUT2D eigenvalue weighted by atomic mass is 16.5. The van der Waals surface area contributed by atoms with Crippen LogP contribution in [0.1, 0.15) is 28.8 Å². The minimum Gasteiger partial charge on any atom is -0.497 e. The maximum absolute atomic E-state index is 13.1. The van der Waals surface area contributed by atoms with E-state index in [4.69, 9.17) is 4.74 Å². The molecule has 3 aromatic rings. The lowest BCUT2D eigenvalue weighted by molar-refractivity contribution is 0.0747. The van der Waals surface area contributed by atoms with E-state index in [9.17, 15) is 9.59 Å². The number of rotatable bonds is 4. The van der Waals surface area contributed by atoms with Crippen molar-refractivity contribution in [3.63, 3.8) is 0 Å². The second-order valence-corrected chi connectivity index (χ2v) is 9.23. The van der Waals surface area contributed by atoms with Crippen LogP contribution in [0.4, 0.5) is 21.9 Å². The van der Waals surface area contributed by atoms with Gasteiger partial charge in [-0.2, -0.15) is 0 Å². The number of para-hydroxylation sites is 1. The van der Waals surface area contributed by atoms with E-state index in [0.717, 1.165) is 49.5 Å². The fourth-order valence-electron chi connectivity index (χ4n) is 4.95. The molecule has 7 heteroatoms. The molecule has 0 saturated carbocycles. The van der Waals surface area contributed by atoms with Crippen molar-refractivity contribution in [2.75, 3.05) is 55.0 Å². The summed E-state index contributed by atoms with van der Waals surface area (Å²) in [5.41, 5.74) is 4.60. The summed E-state index contributed by atoms with van der Waals surface area (Å²) in [6.45, 7) is 3.54. The number of nitrogens with zero attached hydrogens (tertiary/aromatic N) is 3. The Kier molecular flexibility index (Phi) is 7.07. The SMILES string of the molecule is COc1cccc(N2CCN(C(=O)c3ccc(NC(=O)N4CCCCc5ccccc54)cc3)CC2)c1. The number of carbonyl (C=O) groups is 2. The molecule has 7 nitrogen and oxygen atoms in total. The van der Waals surface area contributed by atoms with E-state index < -0.39 is 0 Å². The molecule has 36 heavy (non-hydrogen) atoms. The fraction of sp³-hybridized carbons (Fsp3) is 0.310. The lowest BCUT2D eigenvalue weighted by Crippen LogP contribution is -2.48. The number of urea groups is 1. The van der Waals surface area contributed by atoms with E-state index in [1.807, 2.05) is 46.2 Å². The Balaban J connectivity index is 1.19. The van der Waals surface area contributed by atoms with Crippen LogP contribution in [0.3, 0.4) is 0 Å². The number of amides is 3. The number of carbonyl (C=O) groups excluding carboxylic acids is 2. The molecule has 5 rings (SSSR count). The number of methoxy groups -OCH3 is 1. The highest BCUT2D eigenvalue weighted by Crippen LogP contribution is 2.27. The zero-order chi connectivity index (χ0) is 24.9. The van der Waals surface area contributed by atoms with E-state index >= 15 is 0 Å². The number of fused-ring (bicyclic) bond motifs is 1. The molecular formula is C29H32N4O3. The molecule has 2 heterocycles. The number of hydrogen-bond acceptors (Lipinski definition) is 4. The third-order valence-electron chi connectivity index (χ3n) is 6.97. The molecule has 0 radical (unpaired) electrons. The van der Waals surface area contributed by atoms with Gasteiger partial charge in [0, 0.05) is 61.4 Å². The first-order valence-electron chi connectivity index (χ1n) is 12.6. The third kappa shape index (κ3) is 5.15. The van der Waals surface area contributed by atoms with E-state index in [1.165, 1.54) is 5.56 Å². The van der Waals surface area contributed by atoms with Crippen LogP contribution < -0.4 is 19.9 Å². The normalized spacial score (nSPS) is 15.6. The number of aryl methyl sites for hydroxylation is 1. The lowest BCUT2D eigenvalue weighted by Gasteiger charge is -2.36. The van der Waals surface area contributed by atoms with Gasteiger partial charge in [-0.25, -0.2) is 4.79 Å². The molecular weight excluding hydrogens is 452 g/mol.